The fraction of sp³-hybridized carbons (Fsp3) is 0.696. The molecule has 2 N–H and O–H groups in total. The number of fused-ring (bicyclic) bond motifs is 1. The normalized spacial score (nSPS) is 27.1. The molecule has 0 aliphatic carbocycles. The van der Waals surface area contributed by atoms with Crippen LogP contribution in [-0.4, -0.2) is 75.6 Å². The summed E-state index contributed by atoms with van der Waals surface area (Å²) >= 11 is 0. The topological polar surface area (TPSA) is 67.4 Å². The predicted molar refractivity (Wildman–Crippen MR) is 118 cm³/mol. The van der Waals surface area contributed by atoms with Gasteiger partial charge in [0, 0.05) is 44.9 Å². The molecule has 3 aliphatic rings. The minimum Gasteiger partial charge on any atom is -0.491 e. The summed E-state index contributed by atoms with van der Waals surface area (Å²) in [6.45, 7) is 8.04. The first-order valence-electron chi connectivity index (χ1n) is 11.4. The Morgan fingerprint density at radius 3 is 2.97 bits per heavy atom. The van der Waals surface area contributed by atoms with Crippen LogP contribution in [0.25, 0.3) is 0 Å². The maximum Gasteiger partial charge on any atom is 0.191 e. The van der Waals surface area contributed by atoms with Gasteiger partial charge in [-0.3, -0.25) is 9.89 Å². The highest BCUT2D eigenvalue weighted by Gasteiger charge is 2.32. The van der Waals surface area contributed by atoms with Gasteiger partial charge in [-0.25, -0.2) is 0 Å². The molecular weight excluding hydrogens is 380 g/mol. The number of nitrogens with one attached hydrogen (secondary N) is 2. The van der Waals surface area contributed by atoms with E-state index in [-0.39, 0.29) is 12.2 Å². The lowest BCUT2D eigenvalue weighted by molar-refractivity contribution is -0.0453. The second kappa shape index (κ2) is 10.5. The van der Waals surface area contributed by atoms with Crippen LogP contribution in [0.2, 0.25) is 0 Å². The van der Waals surface area contributed by atoms with Crippen molar-refractivity contribution in [3.8, 4) is 5.75 Å². The van der Waals surface area contributed by atoms with Crippen LogP contribution in [0.4, 0.5) is 0 Å². The summed E-state index contributed by atoms with van der Waals surface area (Å²) in [4.78, 5) is 6.94. The largest absolute Gasteiger partial charge is 0.491 e. The number of aliphatic imine (C=N–C) groups is 1. The Bertz CT molecular complexity index is 720. The van der Waals surface area contributed by atoms with Crippen molar-refractivity contribution in [3.63, 3.8) is 0 Å². The molecule has 0 spiro atoms. The van der Waals surface area contributed by atoms with Gasteiger partial charge in [-0.1, -0.05) is 12.1 Å². The van der Waals surface area contributed by atoms with E-state index >= 15 is 0 Å². The molecule has 3 aliphatic heterocycles. The Morgan fingerprint density at radius 2 is 2.13 bits per heavy atom. The molecule has 3 atom stereocenters. The SMILES string of the molecule is CN=C(NCc1ccc(C)cc1OCC1CCCO1)NCC1CN2CCCC2CO1. The second-order valence-corrected chi connectivity index (χ2v) is 8.61. The van der Waals surface area contributed by atoms with E-state index in [2.05, 4.69) is 45.6 Å². The molecule has 30 heavy (non-hydrogen) atoms. The average molecular weight is 417 g/mol. The smallest absolute Gasteiger partial charge is 0.191 e. The molecular formula is C23H36N4O3. The molecule has 3 saturated heterocycles. The highest BCUT2D eigenvalue weighted by molar-refractivity contribution is 5.79. The van der Waals surface area contributed by atoms with Crippen molar-refractivity contribution in [1.29, 1.82) is 0 Å². The van der Waals surface area contributed by atoms with E-state index in [1.54, 1.807) is 7.05 Å². The van der Waals surface area contributed by atoms with Gasteiger partial charge in [-0.05, 0) is 50.8 Å². The van der Waals surface area contributed by atoms with Gasteiger partial charge < -0.3 is 24.8 Å². The number of aryl methyl sites for hydroxylation is 1. The molecule has 166 valence electrons. The number of nitrogens with zero attached hydrogens (tertiary/aromatic N) is 2. The van der Waals surface area contributed by atoms with E-state index in [1.165, 1.54) is 24.9 Å². The van der Waals surface area contributed by atoms with Gasteiger partial charge in [0.2, 0.25) is 0 Å². The minimum atomic E-state index is 0.211. The zero-order valence-corrected chi connectivity index (χ0v) is 18.4. The van der Waals surface area contributed by atoms with Crippen LogP contribution in [0, 0.1) is 6.92 Å². The Balaban J connectivity index is 1.26. The van der Waals surface area contributed by atoms with E-state index in [0.717, 1.165) is 56.4 Å². The second-order valence-electron chi connectivity index (χ2n) is 8.61. The van der Waals surface area contributed by atoms with E-state index in [0.29, 0.717) is 19.2 Å². The Hall–Kier alpha value is -1.83. The lowest BCUT2D eigenvalue weighted by Crippen LogP contribution is -2.51. The van der Waals surface area contributed by atoms with Crippen molar-refractivity contribution in [2.75, 3.05) is 46.5 Å². The lowest BCUT2D eigenvalue weighted by atomic mass is 10.1. The number of benzene rings is 1. The van der Waals surface area contributed by atoms with E-state index in [4.69, 9.17) is 14.2 Å². The molecule has 1 aromatic rings. The number of rotatable bonds is 7. The predicted octanol–water partition coefficient (Wildman–Crippen LogP) is 2.08. The van der Waals surface area contributed by atoms with Crippen LogP contribution in [0.5, 0.6) is 5.75 Å². The first-order valence-corrected chi connectivity index (χ1v) is 11.4. The fourth-order valence-electron chi connectivity index (χ4n) is 4.52. The summed E-state index contributed by atoms with van der Waals surface area (Å²) in [5.74, 6) is 1.71. The third kappa shape index (κ3) is 5.65. The number of ether oxygens (including phenoxy) is 3. The molecule has 3 unspecified atom stereocenters. The van der Waals surface area contributed by atoms with Gasteiger partial charge in [-0.15, -0.1) is 0 Å². The summed E-state index contributed by atoms with van der Waals surface area (Å²) < 4.78 is 17.8. The van der Waals surface area contributed by atoms with Crippen molar-refractivity contribution in [2.24, 2.45) is 4.99 Å². The molecule has 4 rings (SSSR count). The Labute approximate surface area is 180 Å². The van der Waals surface area contributed by atoms with Crippen molar-refractivity contribution in [2.45, 2.75) is 57.4 Å². The van der Waals surface area contributed by atoms with Crippen LogP contribution in [-0.2, 0) is 16.0 Å². The van der Waals surface area contributed by atoms with Crippen LogP contribution in [0.1, 0.15) is 36.8 Å². The standard InChI is InChI=1S/C23H36N4O3/c1-17-7-8-18(22(11-17)30-16-20-6-4-10-28-20)12-25-23(24-2)26-13-21-14-27-9-3-5-19(27)15-29-21/h7-8,11,19-21H,3-6,9-10,12-16H2,1-2H3,(H2,24,25,26). The van der Waals surface area contributed by atoms with Gasteiger partial charge >= 0.3 is 0 Å². The zero-order valence-electron chi connectivity index (χ0n) is 18.4. The molecule has 1 aromatic carbocycles. The molecule has 0 aromatic heterocycles. The van der Waals surface area contributed by atoms with Crippen molar-refractivity contribution < 1.29 is 14.2 Å². The van der Waals surface area contributed by atoms with Crippen LogP contribution in [0.3, 0.4) is 0 Å². The highest BCUT2D eigenvalue weighted by Crippen LogP contribution is 2.23. The quantitative estimate of drug-likeness (QED) is 0.524. The van der Waals surface area contributed by atoms with E-state index in [9.17, 15) is 0 Å². The van der Waals surface area contributed by atoms with Crippen molar-refractivity contribution in [3.05, 3.63) is 29.3 Å². The molecule has 3 heterocycles. The summed E-state index contributed by atoms with van der Waals surface area (Å²) in [6, 6.07) is 6.98. The number of hydrogen-bond donors (Lipinski definition) is 2. The molecule has 7 heteroatoms. The number of morpholine rings is 1. The van der Waals surface area contributed by atoms with Gasteiger partial charge in [0.05, 0.1) is 18.8 Å². The van der Waals surface area contributed by atoms with Gasteiger partial charge in [0.25, 0.3) is 0 Å². The van der Waals surface area contributed by atoms with Gasteiger partial charge in [0.1, 0.15) is 12.4 Å². The average Bonchev–Trinajstić information content (AvgIpc) is 3.45. The van der Waals surface area contributed by atoms with Crippen LogP contribution in [0.15, 0.2) is 23.2 Å². The Kier molecular flexibility index (Phi) is 7.47. The summed E-state index contributed by atoms with van der Waals surface area (Å²) in [6.07, 6.45) is 5.20. The third-order valence-electron chi connectivity index (χ3n) is 6.30. The first kappa shape index (κ1) is 21.4. The van der Waals surface area contributed by atoms with Crippen molar-refractivity contribution >= 4 is 5.96 Å². The highest BCUT2D eigenvalue weighted by atomic mass is 16.5. The maximum atomic E-state index is 6.11. The molecule has 0 bridgehead atoms. The van der Waals surface area contributed by atoms with E-state index < -0.39 is 0 Å². The fourth-order valence-corrected chi connectivity index (χ4v) is 4.52. The molecule has 0 saturated carbocycles. The molecule has 7 nitrogen and oxygen atoms in total. The number of hydrogen-bond acceptors (Lipinski definition) is 5. The number of guanidine groups is 1. The van der Waals surface area contributed by atoms with Crippen LogP contribution >= 0.6 is 0 Å². The molecule has 0 radical (unpaired) electrons. The molecule has 3 fully saturated rings. The monoisotopic (exact) mass is 416 g/mol. The Morgan fingerprint density at radius 1 is 1.20 bits per heavy atom. The van der Waals surface area contributed by atoms with Gasteiger partial charge in [-0.2, -0.15) is 0 Å². The first-order chi connectivity index (χ1) is 14.7. The summed E-state index contributed by atoms with van der Waals surface area (Å²) in [7, 11) is 1.80. The van der Waals surface area contributed by atoms with Crippen molar-refractivity contribution in [1.82, 2.24) is 15.5 Å². The lowest BCUT2D eigenvalue weighted by Gasteiger charge is -2.35. The van der Waals surface area contributed by atoms with E-state index in [1.807, 2.05) is 0 Å². The third-order valence-corrected chi connectivity index (χ3v) is 6.30. The minimum absolute atomic E-state index is 0.211. The van der Waals surface area contributed by atoms with Crippen LogP contribution < -0.4 is 15.4 Å². The summed E-state index contributed by atoms with van der Waals surface area (Å²) in [5, 5.41) is 6.84. The maximum absolute atomic E-state index is 6.11. The summed E-state index contributed by atoms with van der Waals surface area (Å²) in [5.41, 5.74) is 2.31. The zero-order chi connectivity index (χ0) is 20.8. The molecule has 0 amide bonds. The van der Waals surface area contributed by atoms with Gasteiger partial charge in [0.15, 0.2) is 5.96 Å².